The second kappa shape index (κ2) is 40.4. The number of carboxylic acids is 1. The molecule has 0 aliphatic rings. The molecule has 20 heteroatoms. The van der Waals surface area contributed by atoms with Crippen molar-refractivity contribution in [3.05, 3.63) is 0 Å². The molecule has 1 amide bonds. The van der Waals surface area contributed by atoms with Crippen LogP contribution in [0.15, 0.2) is 0 Å². The average Bonchev–Trinajstić information content (AvgIpc) is 3.09. The van der Waals surface area contributed by atoms with Crippen molar-refractivity contribution < 1.29 is 71.5 Å². The van der Waals surface area contributed by atoms with Gasteiger partial charge in [0.25, 0.3) is 0 Å². The van der Waals surface area contributed by atoms with Crippen LogP contribution in [0, 0.1) is 5.41 Å². The first-order valence-electron chi connectivity index (χ1n) is 16.5. The van der Waals surface area contributed by atoms with Crippen molar-refractivity contribution in [3.63, 3.8) is 0 Å². The molecule has 5 N–H and O–H groups in total. The van der Waals surface area contributed by atoms with Crippen LogP contribution in [-0.2, 0) is 66.4 Å². The molecular formula is C30H59N3O15S2. The van der Waals surface area contributed by atoms with Crippen LogP contribution in [0.1, 0.15) is 6.42 Å². The Labute approximate surface area is 303 Å². The molecule has 1 atom stereocenters. The van der Waals surface area contributed by atoms with Crippen molar-refractivity contribution in [2.45, 2.75) is 12.5 Å². The van der Waals surface area contributed by atoms with Crippen LogP contribution in [0.5, 0.6) is 0 Å². The number of rotatable bonds is 41. The predicted octanol–water partition coefficient (Wildman–Crippen LogP) is 0.0498. The molecule has 0 aromatic heterocycles. The minimum absolute atomic E-state index is 0.0212. The van der Waals surface area contributed by atoms with E-state index in [0.717, 1.165) is 21.6 Å². The summed E-state index contributed by atoms with van der Waals surface area (Å²) >= 11 is 0. The van der Waals surface area contributed by atoms with Crippen molar-refractivity contribution in [3.8, 4) is 0 Å². The molecule has 18 nitrogen and oxygen atoms in total. The fourth-order valence-electron chi connectivity index (χ4n) is 3.22. The summed E-state index contributed by atoms with van der Waals surface area (Å²) in [6, 6.07) is -1.07. The van der Waals surface area contributed by atoms with Crippen LogP contribution in [0.3, 0.4) is 0 Å². The largest absolute Gasteiger partial charge is 0.480 e. The first kappa shape index (κ1) is 48.6. The molecule has 0 bridgehead atoms. The van der Waals surface area contributed by atoms with Crippen LogP contribution in [0.2, 0.25) is 0 Å². The summed E-state index contributed by atoms with van der Waals surface area (Å²) in [6.07, 6.45) is 0.0212. The van der Waals surface area contributed by atoms with E-state index in [9.17, 15) is 14.7 Å². The molecule has 0 unspecified atom stereocenters. The number of amides is 1. The molecule has 0 fully saturated rings. The smallest absolute Gasteiger partial charge is 0.327 e. The number of carbonyl (C=O) groups is 2. The minimum Gasteiger partial charge on any atom is -0.480 e. The number of amidine groups is 1. The molecule has 0 aliphatic carbocycles. The molecule has 0 rings (SSSR count). The van der Waals surface area contributed by atoms with Gasteiger partial charge >= 0.3 is 5.97 Å². The SMILES string of the molecule is COCCOCCOCCOCCOCCOCCOCCOCCOCCOCCOCCOCCC(=O)N[C@@H](CSSC(=N)N)C(=O)O. The maximum atomic E-state index is 11.9. The predicted molar refractivity (Wildman–Crippen MR) is 187 cm³/mol. The molecule has 0 heterocycles. The van der Waals surface area contributed by atoms with Gasteiger partial charge in [0.1, 0.15) is 6.04 Å². The van der Waals surface area contributed by atoms with Crippen LogP contribution in [-0.4, -0.2) is 193 Å². The zero-order chi connectivity index (χ0) is 36.6. The number of nitrogens with two attached hydrogens (primary N) is 1. The normalized spacial score (nSPS) is 11.9. The zero-order valence-corrected chi connectivity index (χ0v) is 30.9. The lowest BCUT2D eigenvalue weighted by Gasteiger charge is -2.13. The summed E-state index contributed by atoms with van der Waals surface area (Å²) < 4.78 is 64.5. The van der Waals surface area contributed by atoms with E-state index < -0.39 is 17.9 Å². The molecule has 0 spiro atoms. The lowest BCUT2D eigenvalue weighted by molar-refractivity contribution is -0.141. The topological polar surface area (TPSA) is 227 Å². The molecule has 0 aromatic carbocycles. The Morgan fingerprint density at radius 2 is 0.840 bits per heavy atom. The lowest BCUT2D eigenvalue weighted by atomic mass is 10.3. The molecule has 0 saturated carbocycles. The Morgan fingerprint density at radius 1 is 0.560 bits per heavy atom. The second-order valence-electron chi connectivity index (χ2n) is 9.67. The van der Waals surface area contributed by atoms with Gasteiger partial charge < -0.3 is 73.0 Å². The van der Waals surface area contributed by atoms with E-state index in [-0.39, 0.29) is 23.9 Å². The van der Waals surface area contributed by atoms with Gasteiger partial charge in [0, 0.05) is 19.3 Å². The van der Waals surface area contributed by atoms with Crippen LogP contribution >= 0.6 is 21.6 Å². The highest BCUT2D eigenvalue weighted by Crippen LogP contribution is 2.21. The summed E-state index contributed by atoms with van der Waals surface area (Å²) in [7, 11) is 3.66. The van der Waals surface area contributed by atoms with Crippen LogP contribution < -0.4 is 11.1 Å². The molecule has 0 aliphatic heterocycles. The van der Waals surface area contributed by atoms with Crippen molar-refractivity contribution >= 4 is 38.6 Å². The summed E-state index contributed by atoms with van der Waals surface area (Å²) in [5, 5.41) is 18.6. The molecule has 0 aromatic rings. The monoisotopic (exact) mass is 765 g/mol. The van der Waals surface area contributed by atoms with Crippen molar-refractivity contribution in [1.82, 2.24) is 5.32 Å². The van der Waals surface area contributed by atoms with Gasteiger partial charge in [-0.3, -0.25) is 10.2 Å². The third-order valence-electron chi connectivity index (χ3n) is 5.64. The lowest BCUT2D eigenvalue weighted by Crippen LogP contribution is -2.42. The number of ether oxygens (including phenoxy) is 12. The van der Waals surface area contributed by atoms with Crippen molar-refractivity contribution in [2.24, 2.45) is 5.73 Å². The van der Waals surface area contributed by atoms with E-state index >= 15 is 0 Å². The van der Waals surface area contributed by atoms with Crippen molar-refractivity contribution in [2.75, 3.05) is 165 Å². The van der Waals surface area contributed by atoms with Crippen molar-refractivity contribution in [1.29, 1.82) is 5.41 Å². The quantitative estimate of drug-likeness (QED) is 0.0279. The Hall–Kier alpha value is -1.37. The number of hydrogen-bond donors (Lipinski definition) is 4. The number of carbonyl (C=O) groups excluding carboxylic acids is 1. The minimum atomic E-state index is -1.16. The summed E-state index contributed by atoms with van der Waals surface area (Å²) in [5.74, 6) is -1.51. The first-order chi connectivity index (χ1) is 24.5. The highest BCUT2D eigenvalue weighted by atomic mass is 33.1. The van der Waals surface area contributed by atoms with Gasteiger partial charge in [-0.15, -0.1) is 0 Å². The molecule has 0 radical (unpaired) electrons. The first-order valence-corrected chi connectivity index (χ1v) is 18.8. The number of carboxylic acid groups (broad SMARTS) is 1. The van der Waals surface area contributed by atoms with E-state index in [1.54, 1.807) is 7.11 Å². The Kier molecular flexibility index (Phi) is 39.3. The van der Waals surface area contributed by atoms with Crippen LogP contribution in [0.25, 0.3) is 0 Å². The number of methoxy groups -OCH3 is 1. The third kappa shape index (κ3) is 39.4. The zero-order valence-electron chi connectivity index (χ0n) is 29.3. The number of aliphatic carboxylic acids is 1. The fraction of sp³-hybridized carbons (Fsp3) is 0.900. The van der Waals surface area contributed by atoms with Gasteiger partial charge in [0.05, 0.1) is 152 Å². The highest BCUT2D eigenvalue weighted by Gasteiger charge is 2.20. The maximum absolute atomic E-state index is 11.9. The Balaban J connectivity index is 3.23. The summed E-state index contributed by atoms with van der Waals surface area (Å²) in [5.41, 5.74) is 5.21. The molecule has 0 saturated heterocycles. The highest BCUT2D eigenvalue weighted by molar-refractivity contribution is 8.82. The third-order valence-corrected chi connectivity index (χ3v) is 7.71. The fourth-order valence-corrected chi connectivity index (χ4v) is 4.77. The van der Waals surface area contributed by atoms with Gasteiger partial charge in [-0.2, -0.15) is 0 Å². The molecular weight excluding hydrogens is 706 g/mol. The Bertz CT molecular complexity index is 781. The summed E-state index contributed by atoms with van der Waals surface area (Å²) in [4.78, 5) is 23.1. The van der Waals surface area contributed by atoms with E-state index in [1.807, 2.05) is 0 Å². The van der Waals surface area contributed by atoms with Gasteiger partial charge in [0.15, 0.2) is 5.17 Å². The van der Waals surface area contributed by atoms with Gasteiger partial charge in [-0.05, 0) is 10.8 Å². The van der Waals surface area contributed by atoms with Gasteiger partial charge in [-0.1, -0.05) is 10.8 Å². The Morgan fingerprint density at radius 3 is 1.10 bits per heavy atom. The van der Waals surface area contributed by atoms with E-state index in [2.05, 4.69) is 5.32 Å². The number of hydrogen-bond acceptors (Lipinski definition) is 17. The standard InChI is InChI=1S/C30H59N3O15S2/c1-37-4-5-39-8-9-41-12-13-43-16-17-45-20-21-47-24-25-48-23-22-46-19-18-44-15-14-42-11-10-40-7-6-38-3-2-28(34)33-27(29(35)36)26-49-50-30(31)32/h27H,2-26H2,1H3,(H3,31,32)(H,33,34)(H,35,36)/t27-/m0/s1. The molecule has 50 heavy (non-hydrogen) atoms. The second-order valence-corrected chi connectivity index (χ2v) is 12.1. The van der Waals surface area contributed by atoms with E-state index in [1.165, 1.54) is 0 Å². The van der Waals surface area contributed by atoms with E-state index in [0.29, 0.717) is 145 Å². The maximum Gasteiger partial charge on any atom is 0.327 e. The molecule has 296 valence electrons. The van der Waals surface area contributed by atoms with E-state index in [4.69, 9.17) is 68.0 Å². The summed E-state index contributed by atoms with van der Waals surface area (Å²) in [6.45, 7) is 10.5. The number of nitrogens with one attached hydrogen (secondary N) is 2. The van der Waals surface area contributed by atoms with Crippen LogP contribution in [0.4, 0.5) is 0 Å². The average molecular weight is 766 g/mol. The van der Waals surface area contributed by atoms with Gasteiger partial charge in [0.2, 0.25) is 5.91 Å². The van der Waals surface area contributed by atoms with Gasteiger partial charge in [-0.25, -0.2) is 4.79 Å².